The molecule has 11 nitrogen and oxygen atoms in total. The molecule has 0 saturated carbocycles. The van der Waals surface area contributed by atoms with Crippen LogP contribution >= 0.6 is 23.2 Å². The summed E-state index contributed by atoms with van der Waals surface area (Å²) in [7, 11) is 1.39. The summed E-state index contributed by atoms with van der Waals surface area (Å²) in [6.45, 7) is 3.25. The lowest BCUT2D eigenvalue weighted by atomic mass is 9.70. The molecule has 1 heterocycles. The molecule has 0 unspecified atom stereocenters. The Morgan fingerprint density at radius 3 is 2.47 bits per heavy atom. The van der Waals surface area contributed by atoms with Crippen LogP contribution in [0.25, 0.3) is 0 Å². The van der Waals surface area contributed by atoms with Crippen LogP contribution in [0.1, 0.15) is 43.5 Å². The number of carboxylic acids is 1. The molecule has 0 spiro atoms. The number of likely N-dealkylation sites (N-methyl/N-ethyl adjacent to an activating group) is 1. The fourth-order valence-electron chi connectivity index (χ4n) is 3.75. The van der Waals surface area contributed by atoms with Crippen LogP contribution in [0.2, 0.25) is 10.0 Å². The molecule has 36 heavy (non-hydrogen) atoms. The molecular formula is C22H28BCl2N3O8. The maximum Gasteiger partial charge on any atom is 0.552 e. The molecule has 1 aromatic rings. The molecule has 0 aromatic heterocycles. The maximum absolute atomic E-state index is 12.9. The van der Waals surface area contributed by atoms with E-state index in [1.165, 1.54) is 32.3 Å². The third kappa shape index (κ3) is 7.84. The second-order valence-corrected chi connectivity index (χ2v) is 9.87. The molecule has 1 aliphatic rings. The van der Waals surface area contributed by atoms with E-state index in [0.717, 1.165) is 4.90 Å². The van der Waals surface area contributed by atoms with Crippen LogP contribution in [-0.4, -0.2) is 79.0 Å². The van der Waals surface area contributed by atoms with Crippen molar-refractivity contribution in [3.05, 3.63) is 33.8 Å². The number of carboxylic acid groups (broad SMARTS) is 1. The number of hydrogen-bond acceptors (Lipinski definition) is 7. The number of carbonyl (C=O) groups excluding carboxylic acids is 4. The molecular weight excluding hydrogens is 516 g/mol. The summed E-state index contributed by atoms with van der Waals surface area (Å²) in [6, 6.07) is 4.32. The zero-order chi connectivity index (χ0) is 27.2. The predicted molar refractivity (Wildman–Crippen MR) is 131 cm³/mol. The van der Waals surface area contributed by atoms with Crippen LogP contribution in [0.3, 0.4) is 0 Å². The maximum atomic E-state index is 12.9. The second kappa shape index (κ2) is 12.4. The van der Waals surface area contributed by atoms with Gasteiger partial charge >= 0.3 is 13.1 Å². The predicted octanol–water partition coefficient (Wildman–Crippen LogP) is 1.55. The van der Waals surface area contributed by atoms with Crippen LogP contribution in [0.15, 0.2) is 18.2 Å². The topological polar surface area (TPSA) is 151 Å². The summed E-state index contributed by atoms with van der Waals surface area (Å²) in [4.78, 5) is 63.1. The summed E-state index contributed by atoms with van der Waals surface area (Å²) in [5, 5.41) is 14.9. The minimum atomic E-state index is -1.99. The minimum Gasteiger partial charge on any atom is -0.508 e. The first-order valence-electron chi connectivity index (χ1n) is 11.1. The van der Waals surface area contributed by atoms with Gasteiger partial charge in [0.15, 0.2) is 5.60 Å². The summed E-state index contributed by atoms with van der Waals surface area (Å²) in [5.41, 5.74) is -1.91. The normalized spacial score (nSPS) is 18.3. The molecule has 3 N–H and O–H groups in total. The minimum absolute atomic E-state index is 0.0159. The van der Waals surface area contributed by atoms with E-state index in [2.05, 4.69) is 10.6 Å². The first-order valence-corrected chi connectivity index (χ1v) is 11.8. The molecule has 0 bridgehead atoms. The summed E-state index contributed by atoms with van der Waals surface area (Å²) in [6.07, 6.45) is -1.10. The number of nitrogens with zero attached hydrogens (tertiary/aromatic N) is 1. The van der Waals surface area contributed by atoms with Gasteiger partial charge in [0.1, 0.15) is 0 Å². The van der Waals surface area contributed by atoms with Gasteiger partial charge in [-0.3, -0.25) is 24.0 Å². The molecule has 2 rings (SSSR count). The van der Waals surface area contributed by atoms with Crippen LogP contribution in [0.4, 0.5) is 0 Å². The van der Waals surface area contributed by atoms with E-state index in [0.29, 0.717) is 5.02 Å². The van der Waals surface area contributed by atoms with Gasteiger partial charge in [-0.2, -0.15) is 0 Å². The van der Waals surface area contributed by atoms with Gasteiger partial charge in [0.2, 0.25) is 5.91 Å². The van der Waals surface area contributed by atoms with Crippen LogP contribution in [0.5, 0.6) is 0 Å². The molecule has 3 amide bonds. The van der Waals surface area contributed by atoms with Crippen molar-refractivity contribution < 1.29 is 38.4 Å². The number of aliphatic carboxylic acids is 1. The van der Waals surface area contributed by atoms with E-state index in [1.54, 1.807) is 0 Å². The Morgan fingerprint density at radius 2 is 1.89 bits per heavy atom. The summed E-state index contributed by atoms with van der Waals surface area (Å²) >= 11 is 11.9. The molecule has 1 aliphatic heterocycles. The number of benzene rings is 1. The highest BCUT2D eigenvalue weighted by Crippen LogP contribution is 2.31. The van der Waals surface area contributed by atoms with Crippen molar-refractivity contribution in [1.29, 1.82) is 0 Å². The van der Waals surface area contributed by atoms with E-state index < -0.39 is 67.7 Å². The van der Waals surface area contributed by atoms with Crippen molar-refractivity contribution in [3.8, 4) is 0 Å². The molecule has 0 radical (unpaired) electrons. The Balaban J connectivity index is 2.19. The molecule has 0 aliphatic carbocycles. The number of nitrogens with one attached hydrogen (secondary N) is 2. The van der Waals surface area contributed by atoms with Crippen molar-refractivity contribution in [2.24, 2.45) is 5.92 Å². The van der Waals surface area contributed by atoms with E-state index in [1.807, 2.05) is 13.8 Å². The Bertz CT molecular complexity index is 1030. The molecule has 2 atom stereocenters. The van der Waals surface area contributed by atoms with Crippen molar-refractivity contribution in [3.63, 3.8) is 0 Å². The average molecular weight is 544 g/mol. The first-order chi connectivity index (χ1) is 16.7. The van der Waals surface area contributed by atoms with Crippen LogP contribution in [0, 0.1) is 5.92 Å². The number of rotatable bonds is 10. The smallest absolute Gasteiger partial charge is 0.508 e. The molecule has 1 fully saturated rings. The first kappa shape index (κ1) is 29.4. The number of amides is 3. The highest BCUT2D eigenvalue weighted by atomic mass is 35.5. The van der Waals surface area contributed by atoms with Gasteiger partial charge in [-0.25, -0.2) is 0 Å². The molecule has 1 aromatic carbocycles. The van der Waals surface area contributed by atoms with Gasteiger partial charge in [0.25, 0.3) is 17.8 Å². The van der Waals surface area contributed by atoms with E-state index in [9.17, 15) is 29.1 Å². The van der Waals surface area contributed by atoms with Gasteiger partial charge < -0.3 is 29.9 Å². The number of carbonyl (C=O) groups is 5. The van der Waals surface area contributed by atoms with Gasteiger partial charge in [-0.15, -0.1) is 0 Å². The van der Waals surface area contributed by atoms with E-state index in [-0.39, 0.29) is 22.9 Å². The van der Waals surface area contributed by atoms with Crippen molar-refractivity contribution in [2.45, 2.75) is 44.7 Å². The Labute approximate surface area is 218 Å². The quantitative estimate of drug-likeness (QED) is 0.376. The highest BCUT2D eigenvalue weighted by molar-refractivity contribution is 6.50. The lowest BCUT2D eigenvalue weighted by Gasteiger charge is -2.40. The summed E-state index contributed by atoms with van der Waals surface area (Å²) in [5.74, 6) is -5.11. The van der Waals surface area contributed by atoms with Gasteiger partial charge in [0, 0.05) is 19.1 Å². The van der Waals surface area contributed by atoms with E-state index >= 15 is 0 Å². The SMILES string of the molecule is CC(C)C[C@H](NC(=O)CNC(=O)c1cc(Cl)ccc1Cl)B1OC(=O)C[C@](CC(=O)O)(C(=O)N(C)C)O1. The number of hydrogen-bond donors (Lipinski definition) is 3. The summed E-state index contributed by atoms with van der Waals surface area (Å²) < 4.78 is 11.1. The molecule has 14 heteroatoms. The third-order valence-electron chi connectivity index (χ3n) is 5.23. The lowest BCUT2D eigenvalue weighted by molar-refractivity contribution is -0.169. The van der Waals surface area contributed by atoms with Crippen LogP contribution in [-0.2, 0) is 28.5 Å². The lowest BCUT2D eigenvalue weighted by Crippen LogP contribution is -2.63. The fourth-order valence-corrected chi connectivity index (χ4v) is 4.12. The van der Waals surface area contributed by atoms with Gasteiger partial charge in [-0.1, -0.05) is 37.0 Å². The van der Waals surface area contributed by atoms with Crippen LogP contribution < -0.4 is 10.6 Å². The zero-order valence-electron chi connectivity index (χ0n) is 20.3. The Morgan fingerprint density at radius 1 is 1.22 bits per heavy atom. The number of halogens is 2. The average Bonchev–Trinajstić information content (AvgIpc) is 2.76. The van der Waals surface area contributed by atoms with E-state index in [4.69, 9.17) is 32.5 Å². The zero-order valence-corrected chi connectivity index (χ0v) is 21.8. The monoisotopic (exact) mass is 543 g/mol. The largest absolute Gasteiger partial charge is 0.552 e. The van der Waals surface area contributed by atoms with Crippen molar-refractivity contribution in [1.82, 2.24) is 15.5 Å². The Hall–Kier alpha value is -2.83. The second-order valence-electron chi connectivity index (χ2n) is 9.03. The standard InChI is InChI=1S/C22H28BCl2N3O8/c1-12(2)7-16(27-17(29)11-26-20(33)14-8-13(24)5-6-15(14)25)23-35-19(32)10-22(36-23,9-18(30)31)21(34)28(3)4/h5-6,8,12,16H,7,9-11H2,1-4H3,(H,26,33)(H,27,29)(H,30,31)/t16-,22+/m0/s1. The van der Waals surface area contributed by atoms with Gasteiger partial charge in [0.05, 0.1) is 35.9 Å². The van der Waals surface area contributed by atoms with Gasteiger partial charge in [-0.05, 0) is 30.5 Å². The molecule has 1 saturated heterocycles. The highest BCUT2D eigenvalue weighted by Gasteiger charge is 2.54. The third-order valence-corrected chi connectivity index (χ3v) is 5.80. The van der Waals surface area contributed by atoms with Crippen molar-refractivity contribution >= 4 is 60.0 Å². The fraction of sp³-hybridized carbons (Fsp3) is 0.500. The molecule has 196 valence electrons. The van der Waals surface area contributed by atoms with Crippen molar-refractivity contribution in [2.75, 3.05) is 20.6 Å². The Kier molecular flexibility index (Phi) is 10.1.